The molecule has 2 radical (unpaired) electrons. The number of allylic oxidation sites excluding steroid dienone is 1. The van der Waals surface area contributed by atoms with Crippen molar-refractivity contribution < 1.29 is 4.65 Å². The van der Waals surface area contributed by atoms with Crippen molar-refractivity contribution in [1.29, 1.82) is 5.26 Å². The molecule has 0 aromatic carbocycles. The molecule has 5 nitrogen and oxygen atoms in total. The molecule has 0 aliphatic carbocycles. The summed E-state index contributed by atoms with van der Waals surface area (Å²) >= 11 is 1.45. The number of rotatable bonds is 3. The molecule has 0 aliphatic rings. The Morgan fingerprint density at radius 3 is 2.33 bits per heavy atom. The Morgan fingerprint density at radius 2 is 1.95 bits per heavy atom. The zero-order chi connectivity index (χ0) is 15.7. The Hall–Kier alpha value is -2.07. The lowest BCUT2D eigenvalue weighted by Gasteiger charge is -2.09. The van der Waals surface area contributed by atoms with Gasteiger partial charge in [0.05, 0.1) is 17.0 Å². The van der Waals surface area contributed by atoms with Gasteiger partial charge in [-0.2, -0.15) is 10.4 Å². The third-order valence-corrected chi connectivity index (χ3v) is 4.53. The van der Waals surface area contributed by atoms with Crippen LogP contribution in [0.3, 0.4) is 0 Å². The Balaban J connectivity index is 2.73. The number of nitriles is 1. The predicted molar refractivity (Wildman–Crippen MR) is 83.5 cm³/mol. The average molecular weight is 298 g/mol. The van der Waals surface area contributed by atoms with Crippen LogP contribution in [-0.2, 0) is 11.7 Å². The molecule has 0 fully saturated rings. The summed E-state index contributed by atoms with van der Waals surface area (Å²) in [6.45, 7) is 7.64. The molecular weight excluding hydrogens is 283 g/mol. The molecule has 0 bridgehead atoms. The van der Waals surface area contributed by atoms with Crippen molar-refractivity contribution in [3.05, 3.63) is 32.5 Å². The van der Waals surface area contributed by atoms with Crippen LogP contribution in [0.4, 0.5) is 0 Å². The van der Waals surface area contributed by atoms with E-state index in [0.717, 1.165) is 27.5 Å². The first-order valence-corrected chi connectivity index (χ1v) is 7.18. The highest BCUT2D eigenvalue weighted by Gasteiger charge is 2.21. The van der Waals surface area contributed by atoms with E-state index in [0.29, 0.717) is 16.3 Å². The molecule has 0 N–H and O–H groups in total. The summed E-state index contributed by atoms with van der Waals surface area (Å²) in [6.07, 6.45) is 0. The summed E-state index contributed by atoms with van der Waals surface area (Å²) in [4.78, 5) is 5.48. The van der Waals surface area contributed by atoms with Crippen LogP contribution >= 0.6 is 11.3 Å². The van der Waals surface area contributed by atoms with Gasteiger partial charge in [0.2, 0.25) is 0 Å². The van der Waals surface area contributed by atoms with Crippen LogP contribution in [0, 0.1) is 39.0 Å². The lowest BCUT2D eigenvalue weighted by atomic mass is 10.1. The minimum absolute atomic E-state index is 0.314. The van der Waals surface area contributed by atoms with E-state index in [1.165, 1.54) is 11.3 Å². The van der Waals surface area contributed by atoms with Crippen LogP contribution in [0.2, 0.25) is 0 Å². The zero-order valence-electron chi connectivity index (χ0n) is 12.7. The van der Waals surface area contributed by atoms with Crippen LogP contribution in [0.15, 0.2) is 0 Å². The second-order valence-electron chi connectivity index (χ2n) is 4.76. The Morgan fingerprint density at radius 1 is 1.29 bits per heavy atom. The number of hydrogen-bond donors (Lipinski definition) is 0. The van der Waals surface area contributed by atoms with Gasteiger partial charge in [-0.25, -0.2) is 4.98 Å². The van der Waals surface area contributed by atoms with E-state index >= 15 is 0 Å². The zero-order valence-corrected chi connectivity index (χ0v) is 13.5. The molecule has 0 atom stereocenters. The van der Waals surface area contributed by atoms with Crippen molar-refractivity contribution in [1.82, 2.24) is 14.8 Å². The second-order valence-corrected chi connectivity index (χ2v) is 5.97. The highest BCUT2D eigenvalue weighted by atomic mass is 32.1. The lowest BCUT2D eigenvalue weighted by molar-refractivity contribution is 0.573. The van der Waals surface area contributed by atoms with Crippen LogP contribution < -0.4 is 0 Å². The van der Waals surface area contributed by atoms with Gasteiger partial charge < -0.3 is 4.65 Å². The summed E-state index contributed by atoms with van der Waals surface area (Å²) in [5.74, 6) is 0.314. The number of hydrogen-bond acceptors (Lipinski definition) is 5. The monoisotopic (exact) mass is 298 g/mol. The van der Waals surface area contributed by atoms with Gasteiger partial charge in [0.1, 0.15) is 22.4 Å². The maximum absolute atomic E-state index is 9.53. The van der Waals surface area contributed by atoms with E-state index in [1.807, 2.05) is 34.7 Å². The number of aryl methyl sites for hydroxylation is 4. The van der Waals surface area contributed by atoms with E-state index in [1.54, 1.807) is 4.68 Å². The van der Waals surface area contributed by atoms with Crippen LogP contribution in [0.1, 0.15) is 32.5 Å². The van der Waals surface area contributed by atoms with Crippen LogP contribution in [0.5, 0.6) is 0 Å². The lowest BCUT2D eigenvalue weighted by Crippen LogP contribution is -1.98. The maximum Gasteiger partial charge on any atom is 0.374 e. The van der Waals surface area contributed by atoms with Crippen LogP contribution in [0.25, 0.3) is 11.3 Å². The predicted octanol–water partition coefficient (Wildman–Crippen LogP) is 2.60. The van der Waals surface area contributed by atoms with Crippen molar-refractivity contribution in [3.8, 4) is 6.07 Å². The molecule has 7 heteroatoms. The first kappa shape index (κ1) is 15.3. The molecule has 0 aliphatic heterocycles. The molecule has 0 spiro atoms. The third kappa shape index (κ3) is 2.59. The fourth-order valence-corrected chi connectivity index (χ4v) is 3.03. The molecular formula is C14H15BN4OS. The maximum atomic E-state index is 9.53. The topological polar surface area (TPSA) is 63.7 Å². The molecule has 106 valence electrons. The largest absolute Gasteiger partial charge is 0.566 e. The van der Waals surface area contributed by atoms with Gasteiger partial charge >= 0.3 is 8.05 Å². The van der Waals surface area contributed by atoms with Gasteiger partial charge in [-0.3, -0.25) is 4.68 Å². The average Bonchev–Trinajstić information content (AvgIpc) is 2.88. The standard InChI is InChI=1S/C14H15BN4OS/c1-7-10(4)21-14(17-7)11(6-16)13(20-15)12-8(2)18-19(5)9(12)3/h1-5H3. The van der Waals surface area contributed by atoms with Crippen molar-refractivity contribution >= 4 is 30.7 Å². The molecule has 2 rings (SSSR count). The van der Waals surface area contributed by atoms with Gasteiger partial charge in [-0.1, -0.05) is 0 Å². The van der Waals surface area contributed by atoms with Gasteiger partial charge in [-0.15, -0.1) is 11.3 Å². The Kier molecular flexibility index (Phi) is 4.19. The highest BCUT2D eigenvalue weighted by Crippen LogP contribution is 2.32. The molecule has 0 unspecified atom stereocenters. The van der Waals surface area contributed by atoms with E-state index < -0.39 is 0 Å². The van der Waals surface area contributed by atoms with Crippen molar-refractivity contribution in [2.24, 2.45) is 7.05 Å². The fraction of sp³-hybridized carbons (Fsp3) is 0.357. The molecule has 21 heavy (non-hydrogen) atoms. The molecule has 2 aromatic heterocycles. The molecule has 2 heterocycles. The van der Waals surface area contributed by atoms with Crippen molar-refractivity contribution in [3.63, 3.8) is 0 Å². The van der Waals surface area contributed by atoms with Gasteiger partial charge in [0.15, 0.2) is 0 Å². The normalized spacial score (nSPS) is 12.0. The first-order chi connectivity index (χ1) is 9.90. The smallest absolute Gasteiger partial charge is 0.374 e. The SMILES string of the molecule is [B]OC(=C(C#N)c1nc(C)c(C)s1)c1c(C)nn(C)c1C. The Labute approximate surface area is 129 Å². The quantitative estimate of drug-likeness (QED) is 0.496. The number of thiazole rings is 1. The Bertz CT molecular complexity index is 747. The van der Waals surface area contributed by atoms with E-state index in [2.05, 4.69) is 16.2 Å². The minimum Gasteiger partial charge on any atom is -0.566 e. The van der Waals surface area contributed by atoms with Crippen molar-refractivity contribution in [2.75, 3.05) is 0 Å². The van der Waals surface area contributed by atoms with Gasteiger partial charge in [-0.05, 0) is 27.7 Å². The molecule has 0 saturated heterocycles. The highest BCUT2D eigenvalue weighted by molar-refractivity contribution is 7.13. The first-order valence-electron chi connectivity index (χ1n) is 6.36. The van der Waals surface area contributed by atoms with E-state index in [9.17, 15) is 5.26 Å². The summed E-state index contributed by atoms with van der Waals surface area (Å²) in [6, 6.07) is 2.16. The van der Waals surface area contributed by atoms with Crippen LogP contribution in [-0.4, -0.2) is 22.8 Å². The minimum atomic E-state index is 0.314. The summed E-state index contributed by atoms with van der Waals surface area (Å²) in [5, 5.41) is 14.5. The molecule has 0 saturated carbocycles. The summed E-state index contributed by atoms with van der Waals surface area (Å²) in [5.41, 5.74) is 3.61. The second kappa shape index (κ2) is 5.74. The fourth-order valence-electron chi connectivity index (χ4n) is 2.12. The van der Waals surface area contributed by atoms with E-state index in [-0.39, 0.29) is 0 Å². The van der Waals surface area contributed by atoms with Gasteiger partial charge in [0, 0.05) is 17.6 Å². The third-order valence-electron chi connectivity index (χ3n) is 3.44. The summed E-state index contributed by atoms with van der Waals surface area (Å²) in [7, 11) is 7.28. The number of nitrogens with zero attached hydrogens (tertiary/aromatic N) is 4. The molecule has 2 aromatic rings. The van der Waals surface area contributed by atoms with E-state index in [4.69, 9.17) is 12.7 Å². The number of aromatic nitrogens is 3. The summed E-state index contributed by atoms with van der Waals surface area (Å²) < 4.78 is 6.77. The van der Waals surface area contributed by atoms with Crippen molar-refractivity contribution in [2.45, 2.75) is 27.7 Å². The van der Waals surface area contributed by atoms with Gasteiger partial charge in [0.25, 0.3) is 0 Å². The molecule has 0 amide bonds.